The Hall–Kier alpha value is -1.06. The fourth-order valence-electron chi connectivity index (χ4n) is 2.33. The van der Waals surface area contributed by atoms with E-state index >= 15 is 0 Å². The summed E-state index contributed by atoms with van der Waals surface area (Å²) in [7, 11) is 0. The molecule has 2 N–H and O–H groups in total. The van der Waals surface area contributed by atoms with E-state index < -0.39 is 0 Å². The van der Waals surface area contributed by atoms with Gasteiger partial charge in [0.25, 0.3) is 0 Å². The first-order chi connectivity index (χ1) is 9.19. The van der Waals surface area contributed by atoms with Gasteiger partial charge in [-0.15, -0.1) is 0 Å². The highest BCUT2D eigenvalue weighted by Crippen LogP contribution is 2.27. The van der Waals surface area contributed by atoms with Crippen LogP contribution >= 0.6 is 0 Å². The van der Waals surface area contributed by atoms with Crippen molar-refractivity contribution in [2.24, 2.45) is 11.7 Å². The molecule has 0 amide bonds. The van der Waals surface area contributed by atoms with E-state index in [-0.39, 0.29) is 0 Å². The van der Waals surface area contributed by atoms with Crippen molar-refractivity contribution in [3.63, 3.8) is 0 Å². The molecule has 0 aliphatic heterocycles. The van der Waals surface area contributed by atoms with Crippen LogP contribution in [0.4, 0.5) is 0 Å². The van der Waals surface area contributed by atoms with Gasteiger partial charge in [-0.1, -0.05) is 26.0 Å². The lowest BCUT2D eigenvalue weighted by Gasteiger charge is -2.23. The van der Waals surface area contributed by atoms with Crippen molar-refractivity contribution in [1.29, 1.82) is 0 Å². The first-order valence-electron chi connectivity index (χ1n) is 7.35. The predicted octanol–water partition coefficient (Wildman–Crippen LogP) is 2.64. The minimum absolute atomic E-state index is 0.587. The van der Waals surface area contributed by atoms with Crippen molar-refractivity contribution in [1.82, 2.24) is 4.90 Å². The molecule has 0 heterocycles. The Balaban J connectivity index is 1.74. The van der Waals surface area contributed by atoms with Gasteiger partial charge in [-0.3, -0.25) is 4.90 Å². The van der Waals surface area contributed by atoms with Gasteiger partial charge in [0.15, 0.2) is 0 Å². The Kier molecular flexibility index (Phi) is 5.23. The van der Waals surface area contributed by atoms with E-state index in [2.05, 4.69) is 18.7 Å². The molecule has 1 aromatic rings. The van der Waals surface area contributed by atoms with Crippen LogP contribution in [0.5, 0.6) is 5.75 Å². The van der Waals surface area contributed by atoms with Crippen molar-refractivity contribution < 1.29 is 4.74 Å². The van der Waals surface area contributed by atoms with E-state index in [9.17, 15) is 0 Å². The Labute approximate surface area is 116 Å². The van der Waals surface area contributed by atoms with E-state index in [1.54, 1.807) is 0 Å². The minimum atomic E-state index is 0.587. The fraction of sp³-hybridized carbons (Fsp3) is 0.625. The zero-order valence-electron chi connectivity index (χ0n) is 12.1. The highest BCUT2D eigenvalue weighted by Gasteiger charge is 2.28. The third-order valence-electron chi connectivity index (χ3n) is 3.47. The first kappa shape index (κ1) is 14.4. The maximum absolute atomic E-state index is 5.81. The van der Waals surface area contributed by atoms with Crippen LogP contribution in [0.3, 0.4) is 0 Å². The highest BCUT2D eigenvalue weighted by atomic mass is 16.5. The van der Waals surface area contributed by atoms with Gasteiger partial charge in [-0.2, -0.15) is 0 Å². The molecule has 106 valence electrons. The van der Waals surface area contributed by atoms with E-state index in [0.717, 1.165) is 36.4 Å². The first-order valence-corrected chi connectivity index (χ1v) is 7.35. The third kappa shape index (κ3) is 4.84. The second kappa shape index (κ2) is 6.92. The normalized spacial score (nSPS) is 15.2. The van der Waals surface area contributed by atoms with Crippen molar-refractivity contribution in [2.45, 2.75) is 39.3 Å². The minimum Gasteiger partial charge on any atom is -0.492 e. The zero-order valence-corrected chi connectivity index (χ0v) is 12.1. The van der Waals surface area contributed by atoms with Gasteiger partial charge >= 0.3 is 0 Å². The van der Waals surface area contributed by atoms with Crippen LogP contribution in [0.25, 0.3) is 0 Å². The van der Waals surface area contributed by atoms with Crippen LogP contribution in [0, 0.1) is 5.92 Å². The lowest BCUT2D eigenvalue weighted by atomic mass is 10.2. The lowest BCUT2D eigenvalue weighted by Crippen LogP contribution is -2.33. The summed E-state index contributed by atoms with van der Waals surface area (Å²) < 4.78 is 5.81. The molecule has 0 radical (unpaired) electrons. The fourth-order valence-corrected chi connectivity index (χ4v) is 2.33. The van der Waals surface area contributed by atoms with Crippen LogP contribution in [-0.4, -0.2) is 30.6 Å². The molecule has 1 aliphatic carbocycles. The second-order valence-corrected chi connectivity index (χ2v) is 5.82. The molecule has 1 aromatic carbocycles. The molecule has 0 aromatic heterocycles. The number of ether oxygens (including phenoxy) is 1. The molecular formula is C16H26N2O. The van der Waals surface area contributed by atoms with Gasteiger partial charge in [0.05, 0.1) is 0 Å². The van der Waals surface area contributed by atoms with Crippen molar-refractivity contribution in [3.05, 3.63) is 29.8 Å². The Morgan fingerprint density at radius 3 is 2.47 bits per heavy atom. The molecule has 2 rings (SSSR count). The van der Waals surface area contributed by atoms with Gasteiger partial charge in [0.1, 0.15) is 12.4 Å². The smallest absolute Gasteiger partial charge is 0.119 e. The van der Waals surface area contributed by atoms with E-state index in [1.165, 1.54) is 19.4 Å². The summed E-state index contributed by atoms with van der Waals surface area (Å²) in [5.41, 5.74) is 6.72. The van der Waals surface area contributed by atoms with Crippen LogP contribution in [0.1, 0.15) is 32.3 Å². The monoisotopic (exact) mass is 262 g/mol. The maximum atomic E-state index is 5.81. The molecule has 19 heavy (non-hydrogen) atoms. The standard InChI is InChI=1S/C16H26N2O/c1-13(2)12-18(15-5-6-15)9-10-19-16-7-3-14(11-17)4-8-16/h3-4,7-8,13,15H,5-6,9-12,17H2,1-2H3. The molecule has 1 saturated carbocycles. The van der Waals surface area contributed by atoms with E-state index in [4.69, 9.17) is 10.5 Å². The van der Waals surface area contributed by atoms with Gasteiger partial charge in [-0.25, -0.2) is 0 Å². The predicted molar refractivity (Wildman–Crippen MR) is 79.3 cm³/mol. The summed E-state index contributed by atoms with van der Waals surface area (Å²) in [5, 5.41) is 0. The van der Waals surface area contributed by atoms with Crippen LogP contribution in [-0.2, 0) is 6.54 Å². The molecule has 0 bridgehead atoms. The largest absolute Gasteiger partial charge is 0.492 e. The number of nitrogens with zero attached hydrogens (tertiary/aromatic N) is 1. The second-order valence-electron chi connectivity index (χ2n) is 5.82. The maximum Gasteiger partial charge on any atom is 0.119 e. The number of benzene rings is 1. The average molecular weight is 262 g/mol. The molecule has 3 heteroatoms. The van der Waals surface area contributed by atoms with Crippen molar-refractivity contribution >= 4 is 0 Å². The summed E-state index contributed by atoms with van der Waals surface area (Å²) >= 11 is 0. The molecule has 1 aliphatic rings. The quantitative estimate of drug-likeness (QED) is 0.782. The van der Waals surface area contributed by atoms with Crippen LogP contribution in [0.15, 0.2) is 24.3 Å². The van der Waals surface area contributed by atoms with Gasteiger partial charge in [0, 0.05) is 25.7 Å². The van der Waals surface area contributed by atoms with E-state index in [1.807, 2.05) is 24.3 Å². The summed E-state index contributed by atoms with van der Waals surface area (Å²) in [6, 6.07) is 8.88. The third-order valence-corrected chi connectivity index (χ3v) is 3.47. The van der Waals surface area contributed by atoms with Crippen molar-refractivity contribution in [2.75, 3.05) is 19.7 Å². The van der Waals surface area contributed by atoms with Gasteiger partial charge < -0.3 is 10.5 Å². The average Bonchev–Trinajstić information content (AvgIpc) is 3.22. The summed E-state index contributed by atoms with van der Waals surface area (Å²) in [6.45, 7) is 8.13. The number of rotatable bonds is 8. The topological polar surface area (TPSA) is 38.5 Å². The zero-order chi connectivity index (χ0) is 13.7. The lowest BCUT2D eigenvalue weighted by molar-refractivity contribution is 0.185. The van der Waals surface area contributed by atoms with Gasteiger partial charge in [-0.05, 0) is 36.5 Å². The number of nitrogens with two attached hydrogens (primary N) is 1. The van der Waals surface area contributed by atoms with Gasteiger partial charge in [0.2, 0.25) is 0 Å². The highest BCUT2D eigenvalue weighted by molar-refractivity contribution is 5.27. The number of hydrogen-bond donors (Lipinski definition) is 1. The number of hydrogen-bond acceptors (Lipinski definition) is 3. The molecular weight excluding hydrogens is 236 g/mol. The van der Waals surface area contributed by atoms with Crippen molar-refractivity contribution in [3.8, 4) is 5.75 Å². The Bertz CT molecular complexity index is 371. The Morgan fingerprint density at radius 2 is 1.95 bits per heavy atom. The molecule has 1 fully saturated rings. The molecule has 0 unspecified atom stereocenters. The SMILES string of the molecule is CC(C)CN(CCOc1ccc(CN)cc1)C1CC1. The van der Waals surface area contributed by atoms with Crippen LogP contribution < -0.4 is 10.5 Å². The van der Waals surface area contributed by atoms with E-state index in [0.29, 0.717) is 6.54 Å². The molecule has 3 nitrogen and oxygen atoms in total. The summed E-state index contributed by atoms with van der Waals surface area (Å²) in [6.07, 6.45) is 2.72. The Morgan fingerprint density at radius 1 is 1.26 bits per heavy atom. The summed E-state index contributed by atoms with van der Waals surface area (Å²) in [5.74, 6) is 1.67. The molecule has 0 spiro atoms. The molecule has 0 saturated heterocycles. The molecule has 0 atom stereocenters. The van der Waals surface area contributed by atoms with Crippen LogP contribution in [0.2, 0.25) is 0 Å². The summed E-state index contributed by atoms with van der Waals surface area (Å²) in [4.78, 5) is 2.57.